The topological polar surface area (TPSA) is 76.0 Å². The standard InChI is InChI=1S/C16H16N2O4/c1-9-11-12(16(2,17-9)15(21)22-3)14(20)18(13(11)19)10-7-5-4-6-8-10/h4-8,11-12H,1-3H3/t11-,12+,16-/m0/s1. The van der Waals surface area contributed by atoms with Gasteiger partial charge in [0.15, 0.2) is 5.54 Å². The molecule has 3 atom stereocenters. The number of fused-ring (bicyclic) bond motifs is 1. The number of nitrogens with zero attached hydrogens (tertiary/aromatic N) is 2. The largest absolute Gasteiger partial charge is 0.467 e. The second-order valence-electron chi connectivity index (χ2n) is 5.70. The first kappa shape index (κ1) is 14.4. The Morgan fingerprint density at radius 2 is 1.86 bits per heavy atom. The maximum Gasteiger partial charge on any atom is 0.334 e. The second kappa shape index (κ2) is 4.76. The molecule has 22 heavy (non-hydrogen) atoms. The molecule has 0 radical (unpaired) electrons. The van der Waals surface area contributed by atoms with E-state index in [0.717, 1.165) is 4.90 Å². The Hall–Kier alpha value is -2.50. The molecule has 1 aromatic carbocycles. The lowest BCUT2D eigenvalue weighted by Crippen LogP contribution is -2.45. The van der Waals surface area contributed by atoms with Crippen LogP contribution >= 0.6 is 0 Å². The molecular formula is C16H16N2O4. The van der Waals surface area contributed by atoms with Gasteiger partial charge in [-0.15, -0.1) is 0 Å². The molecule has 0 aromatic heterocycles. The smallest absolute Gasteiger partial charge is 0.334 e. The van der Waals surface area contributed by atoms with E-state index in [-0.39, 0.29) is 5.91 Å². The maximum atomic E-state index is 12.8. The predicted molar refractivity (Wildman–Crippen MR) is 79.4 cm³/mol. The highest BCUT2D eigenvalue weighted by Crippen LogP contribution is 2.45. The molecule has 0 unspecified atom stereocenters. The third kappa shape index (κ3) is 1.73. The molecule has 6 heteroatoms. The van der Waals surface area contributed by atoms with E-state index in [9.17, 15) is 14.4 Å². The number of imide groups is 1. The molecule has 2 aliphatic heterocycles. The van der Waals surface area contributed by atoms with Gasteiger partial charge in [0.05, 0.1) is 24.6 Å². The molecule has 114 valence electrons. The number of methoxy groups -OCH3 is 1. The minimum Gasteiger partial charge on any atom is -0.467 e. The van der Waals surface area contributed by atoms with Crippen LogP contribution in [0.3, 0.4) is 0 Å². The molecule has 1 aromatic rings. The van der Waals surface area contributed by atoms with Crippen molar-refractivity contribution < 1.29 is 19.1 Å². The minimum atomic E-state index is -1.35. The number of carbonyl (C=O) groups is 3. The first-order chi connectivity index (χ1) is 10.4. The monoisotopic (exact) mass is 300 g/mol. The molecule has 0 spiro atoms. The molecule has 0 saturated carbocycles. The molecule has 2 aliphatic rings. The third-order valence-electron chi connectivity index (χ3n) is 4.38. The van der Waals surface area contributed by atoms with Gasteiger partial charge in [0.1, 0.15) is 0 Å². The van der Waals surface area contributed by atoms with Crippen molar-refractivity contribution in [3.05, 3.63) is 30.3 Å². The first-order valence-electron chi connectivity index (χ1n) is 6.99. The summed E-state index contributed by atoms with van der Waals surface area (Å²) in [5, 5.41) is 0. The number of anilines is 1. The number of hydrogen-bond acceptors (Lipinski definition) is 5. The van der Waals surface area contributed by atoms with Gasteiger partial charge in [-0.1, -0.05) is 18.2 Å². The average Bonchev–Trinajstić information content (AvgIpc) is 2.94. The lowest BCUT2D eigenvalue weighted by atomic mass is 9.81. The van der Waals surface area contributed by atoms with Gasteiger partial charge in [0.2, 0.25) is 11.8 Å². The third-order valence-corrected chi connectivity index (χ3v) is 4.38. The second-order valence-corrected chi connectivity index (χ2v) is 5.70. The van der Waals surface area contributed by atoms with Crippen LogP contribution in [-0.4, -0.2) is 36.1 Å². The number of carbonyl (C=O) groups excluding carboxylic acids is 3. The summed E-state index contributed by atoms with van der Waals surface area (Å²) in [4.78, 5) is 43.0. The van der Waals surface area contributed by atoms with Gasteiger partial charge in [-0.25, -0.2) is 9.69 Å². The predicted octanol–water partition coefficient (Wildman–Crippen LogP) is 1.20. The Labute approximate surface area is 127 Å². The highest BCUT2D eigenvalue weighted by atomic mass is 16.5. The van der Waals surface area contributed by atoms with Gasteiger partial charge in [0.25, 0.3) is 0 Å². The van der Waals surface area contributed by atoms with Crippen LogP contribution in [0, 0.1) is 11.8 Å². The van der Waals surface area contributed by atoms with E-state index in [1.54, 1.807) is 44.2 Å². The van der Waals surface area contributed by atoms with E-state index in [0.29, 0.717) is 11.4 Å². The fourth-order valence-electron chi connectivity index (χ4n) is 3.37. The van der Waals surface area contributed by atoms with Crippen LogP contribution in [0.5, 0.6) is 0 Å². The Morgan fingerprint density at radius 3 is 2.45 bits per heavy atom. The first-order valence-corrected chi connectivity index (χ1v) is 6.99. The van der Waals surface area contributed by atoms with E-state index in [1.807, 2.05) is 0 Å². The van der Waals surface area contributed by atoms with Crippen LogP contribution in [0.15, 0.2) is 35.3 Å². The van der Waals surface area contributed by atoms with E-state index in [1.165, 1.54) is 7.11 Å². The van der Waals surface area contributed by atoms with Crippen molar-refractivity contribution in [3.8, 4) is 0 Å². The Kier molecular flexibility index (Phi) is 3.12. The molecule has 2 amide bonds. The highest BCUT2D eigenvalue weighted by Gasteiger charge is 2.64. The quantitative estimate of drug-likeness (QED) is 0.607. The van der Waals surface area contributed by atoms with E-state index in [4.69, 9.17) is 4.74 Å². The number of rotatable bonds is 2. The summed E-state index contributed by atoms with van der Waals surface area (Å²) in [6.07, 6.45) is 0. The molecule has 0 N–H and O–H groups in total. The fraction of sp³-hybridized carbons (Fsp3) is 0.375. The Balaban J connectivity index is 2.08. The van der Waals surface area contributed by atoms with Crippen molar-refractivity contribution in [1.29, 1.82) is 0 Å². The van der Waals surface area contributed by atoms with Crippen molar-refractivity contribution in [3.63, 3.8) is 0 Å². The van der Waals surface area contributed by atoms with Gasteiger partial charge < -0.3 is 4.74 Å². The number of benzene rings is 1. The zero-order chi connectivity index (χ0) is 16.1. The number of amides is 2. The lowest BCUT2D eigenvalue weighted by molar-refractivity contribution is -0.150. The van der Waals surface area contributed by atoms with Crippen molar-refractivity contribution in [1.82, 2.24) is 0 Å². The van der Waals surface area contributed by atoms with E-state index < -0.39 is 29.3 Å². The molecule has 1 saturated heterocycles. The normalized spacial score (nSPS) is 30.3. The summed E-state index contributed by atoms with van der Waals surface area (Å²) in [7, 11) is 1.25. The van der Waals surface area contributed by atoms with Crippen LogP contribution in [0.1, 0.15) is 13.8 Å². The van der Waals surface area contributed by atoms with Crippen LogP contribution in [-0.2, 0) is 19.1 Å². The Morgan fingerprint density at radius 1 is 1.23 bits per heavy atom. The molecular weight excluding hydrogens is 284 g/mol. The number of para-hydroxylation sites is 1. The maximum absolute atomic E-state index is 12.8. The zero-order valence-electron chi connectivity index (χ0n) is 12.6. The molecule has 1 fully saturated rings. The van der Waals surface area contributed by atoms with Crippen LogP contribution in [0.2, 0.25) is 0 Å². The summed E-state index contributed by atoms with van der Waals surface area (Å²) < 4.78 is 4.79. The zero-order valence-corrected chi connectivity index (χ0v) is 12.6. The van der Waals surface area contributed by atoms with Gasteiger partial charge in [-0.3, -0.25) is 14.6 Å². The fourth-order valence-corrected chi connectivity index (χ4v) is 3.37. The van der Waals surface area contributed by atoms with Gasteiger partial charge in [0, 0.05) is 5.71 Å². The molecule has 0 bridgehead atoms. The van der Waals surface area contributed by atoms with Crippen LogP contribution in [0.25, 0.3) is 0 Å². The van der Waals surface area contributed by atoms with Gasteiger partial charge in [-0.05, 0) is 26.0 Å². The summed E-state index contributed by atoms with van der Waals surface area (Å²) >= 11 is 0. The summed E-state index contributed by atoms with van der Waals surface area (Å²) in [5.41, 5.74) is -0.346. The minimum absolute atomic E-state index is 0.338. The summed E-state index contributed by atoms with van der Waals surface area (Å²) in [6.45, 7) is 3.22. The van der Waals surface area contributed by atoms with Crippen molar-refractivity contribution >= 4 is 29.2 Å². The molecule has 6 nitrogen and oxygen atoms in total. The molecule has 0 aliphatic carbocycles. The summed E-state index contributed by atoms with van der Waals surface area (Å²) in [5.74, 6) is -2.88. The number of esters is 1. The number of ether oxygens (including phenoxy) is 1. The molecule has 2 heterocycles. The highest BCUT2D eigenvalue weighted by molar-refractivity contribution is 6.31. The van der Waals surface area contributed by atoms with Crippen molar-refractivity contribution in [2.45, 2.75) is 19.4 Å². The van der Waals surface area contributed by atoms with Crippen molar-refractivity contribution in [2.24, 2.45) is 16.8 Å². The van der Waals surface area contributed by atoms with E-state index >= 15 is 0 Å². The lowest BCUT2D eigenvalue weighted by Gasteiger charge is -2.24. The summed E-state index contributed by atoms with van der Waals surface area (Å²) in [6, 6.07) is 8.70. The van der Waals surface area contributed by atoms with Gasteiger partial charge in [-0.2, -0.15) is 0 Å². The van der Waals surface area contributed by atoms with Crippen LogP contribution < -0.4 is 4.90 Å². The van der Waals surface area contributed by atoms with Crippen LogP contribution in [0.4, 0.5) is 5.69 Å². The number of aliphatic imine (C=N–C) groups is 1. The van der Waals surface area contributed by atoms with E-state index in [2.05, 4.69) is 4.99 Å². The van der Waals surface area contributed by atoms with Gasteiger partial charge >= 0.3 is 5.97 Å². The van der Waals surface area contributed by atoms with Crippen molar-refractivity contribution in [2.75, 3.05) is 12.0 Å². The SMILES string of the molecule is COC(=O)[C@@]1(C)N=C(C)[C@@H]2C(=O)N(c3ccccc3)C(=O)[C@@H]21. The molecule has 3 rings (SSSR count). The Bertz CT molecular complexity index is 697. The number of hydrogen-bond donors (Lipinski definition) is 0. The average molecular weight is 300 g/mol.